The maximum absolute atomic E-state index is 12.9. The molecule has 0 unspecified atom stereocenters. The number of amides is 2. The number of thiocarbonyl (C=S) groups is 1. The fraction of sp³-hybridized carbons (Fsp3) is 0.176. The topological polar surface area (TPSA) is 79.5 Å². The van der Waals surface area contributed by atoms with Crippen molar-refractivity contribution in [3.05, 3.63) is 59.4 Å². The number of nitrogens with two attached hydrogens (primary N) is 1. The van der Waals surface area contributed by atoms with Gasteiger partial charge in [-0.2, -0.15) is 0 Å². The monoisotopic (exact) mass is 374 g/mol. The van der Waals surface area contributed by atoms with E-state index in [1.165, 1.54) is 4.90 Å². The maximum Gasteiger partial charge on any atom is 0.256 e. The lowest BCUT2D eigenvalue weighted by Crippen LogP contribution is -2.37. The molecular weight excluding hydrogens is 360 g/mol. The average Bonchev–Trinajstić information content (AvgIpc) is 2.81. The number of halogens is 1. The van der Waals surface area contributed by atoms with Crippen LogP contribution in [0.5, 0.6) is 0 Å². The lowest BCUT2D eigenvalue weighted by molar-refractivity contribution is -0.125. The van der Waals surface area contributed by atoms with E-state index in [1.807, 2.05) is 6.07 Å². The number of anilines is 1. The Labute approximate surface area is 155 Å². The van der Waals surface area contributed by atoms with Gasteiger partial charge >= 0.3 is 0 Å². The van der Waals surface area contributed by atoms with E-state index in [4.69, 9.17) is 29.6 Å². The molecule has 25 heavy (non-hydrogen) atoms. The SMILES string of the molecule is NC(=O)C[C@@H]1C(=O)N(c2ccc(Cl)cc2)C(=S)N1Cc1cccnc1. The standard InChI is InChI=1S/C17H15ClN4O2S/c18-12-3-5-13(6-4-12)22-16(24)14(8-15(19)23)21(17(22)25)10-11-2-1-7-20-9-11/h1-7,9,14H,8,10H2,(H2,19,23)/t14-/m1/s1. The van der Waals surface area contributed by atoms with Crippen LogP contribution in [0.4, 0.5) is 5.69 Å². The molecule has 2 amide bonds. The second kappa shape index (κ2) is 7.16. The first-order valence-corrected chi connectivity index (χ1v) is 8.33. The van der Waals surface area contributed by atoms with Gasteiger partial charge in [-0.15, -0.1) is 0 Å². The van der Waals surface area contributed by atoms with Crippen molar-refractivity contribution in [1.82, 2.24) is 9.88 Å². The zero-order chi connectivity index (χ0) is 18.0. The van der Waals surface area contributed by atoms with Crippen LogP contribution in [0.3, 0.4) is 0 Å². The van der Waals surface area contributed by atoms with Crippen LogP contribution in [0.1, 0.15) is 12.0 Å². The summed E-state index contributed by atoms with van der Waals surface area (Å²) in [6.45, 7) is 0.362. The van der Waals surface area contributed by atoms with E-state index >= 15 is 0 Å². The number of aromatic nitrogens is 1. The predicted molar refractivity (Wildman–Crippen MR) is 98.9 cm³/mol. The van der Waals surface area contributed by atoms with E-state index in [2.05, 4.69) is 4.98 Å². The Hall–Kier alpha value is -2.51. The summed E-state index contributed by atoms with van der Waals surface area (Å²) < 4.78 is 0. The first kappa shape index (κ1) is 17.3. The number of carbonyl (C=O) groups is 2. The molecule has 8 heteroatoms. The van der Waals surface area contributed by atoms with Crippen LogP contribution < -0.4 is 10.6 Å². The van der Waals surface area contributed by atoms with Gasteiger partial charge in [0, 0.05) is 24.0 Å². The first-order valence-electron chi connectivity index (χ1n) is 7.54. The minimum atomic E-state index is -0.735. The summed E-state index contributed by atoms with van der Waals surface area (Å²) >= 11 is 11.4. The second-order valence-corrected chi connectivity index (χ2v) is 6.41. The molecule has 3 rings (SSSR count). The maximum atomic E-state index is 12.9. The number of benzene rings is 1. The fourth-order valence-electron chi connectivity index (χ4n) is 2.72. The van der Waals surface area contributed by atoms with E-state index in [0.717, 1.165) is 5.56 Å². The van der Waals surface area contributed by atoms with Crippen molar-refractivity contribution >= 4 is 46.4 Å². The summed E-state index contributed by atoms with van der Waals surface area (Å²) in [5, 5.41) is 0.879. The summed E-state index contributed by atoms with van der Waals surface area (Å²) in [4.78, 5) is 31.5. The molecule has 2 aromatic rings. The van der Waals surface area contributed by atoms with Crippen molar-refractivity contribution in [3.63, 3.8) is 0 Å². The smallest absolute Gasteiger partial charge is 0.256 e. The molecule has 0 radical (unpaired) electrons. The molecule has 1 fully saturated rings. The molecule has 1 aromatic carbocycles. The molecule has 1 atom stereocenters. The summed E-state index contributed by atoms with van der Waals surface area (Å²) in [7, 11) is 0. The second-order valence-electron chi connectivity index (χ2n) is 5.61. The van der Waals surface area contributed by atoms with Crippen LogP contribution in [-0.2, 0) is 16.1 Å². The van der Waals surface area contributed by atoms with E-state index < -0.39 is 11.9 Å². The summed E-state index contributed by atoms with van der Waals surface area (Å²) in [6.07, 6.45) is 3.25. The number of primary amides is 1. The van der Waals surface area contributed by atoms with Gasteiger partial charge in [-0.3, -0.25) is 19.5 Å². The summed E-state index contributed by atoms with van der Waals surface area (Å²) in [5.74, 6) is -0.842. The van der Waals surface area contributed by atoms with E-state index in [9.17, 15) is 9.59 Å². The molecule has 1 aliphatic heterocycles. The minimum Gasteiger partial charge on any atom is -0.370 e. The lowest BCUT2D eigenvalue weighted by atomic mass is 10.1. The van der Waals surface area contributed by atoms with Crippen LogP contribution in [-0.4, -0.2) is 32.9 Å². The molecule has 0 saturated carbocycles. The molecule has 2 N–H and O–H groups in total. The van der Waals surface area contributed by atoms with Gasteiger partial charge in [0.25, 0.3) is 5.91 Å². The van der Waals surface area contributed by atoms with Crippen molar-refractivity contribution in [1.29, 1.82) is 0 Å². The Bertz CT molecular complexity index is 813. The highest BCUT2D eigenvalue weighted by Gasteiger charge is 2.43. The highest BCUT2D eigenvalue weighted by atomic mass is 35.5. The number of rotatable bonds is 5. The number of carbonyl (C=O) groups excluding carboxylic acids is 2. The van der Waals surface area contributed by atoms with Crippen molar-refractivity contribution in [3.8, 4) is 0 Å². The largest absolute Gasteiger partial charge is 0.370 e. The van der Waals surface area contributed by atoms with Gasteiger partial charge in [0.15, 0.2) is 5.11 Å². The van der Waals surface area contributed by atoms with Crippen LogP contribution in [0.25, 0.3) is 0 Å². The number of hydrogen-bond acceptors (Lipinski definition) is 4. The van der Waals surface area contributed by atoms with Gasteiger partial charge in [-0.25, -0.2) is 0 Å². The average molecular weight is 375 g/mol. The molecule has 0 aliphatic carbocycles. The van der Waals surface area contributed by atoms with Gasteiger partial charge < -0.3 is 10.6 Å². The third kappa shape index (κ3) is 3.62. The van der Waals surface area contributed by atoms with Crippen molar-refractivity contribution in [2.75, 3.05) is 4.90 Å². The molecule has 128 valence electrons. The lowest BCUT2D eigenvalue weighted by Gasteiger charge is -2.23. The molecule has 0 bridgehead atoms. The van der Waals surface area contributed by atoms with Crippen LogP contribution in [0, 0.1) is 0 Å². The third-order valence-electron chi connectivity index (χ3n) is 3.87. The van der Waals surface area contributed by atoms with Gasteiger partial charge in [-0.05, 0) is 48.1 Å². The highest BCUT2D eigenvalue weighted by Crippen LogP contribution is 2.29. The number of hydrogen-bond donors (Lipinski definition) is 1. The molecule has 2 heterocycles. The summed E-state index contributed by atoms with van der Waals surface area (Å²) in [6, 6.07) is 9.73. The first-order chi connectivity index (χ1) is 12.0. The normalized spacial score (nSPS) is 17.2. The van der Waals surface area contributed by atoms with Gasteiger partial charge in [0.05, 0.1) is 12.1 Å². The van der Waals surface area contributed by atoms with E-state index in [1.54, 1.807) is 47.6 Å². The van der Waals surface area contributed by atoms with Crippen LogP contribution >= 0.6 is 23.8 Å². The van der Waals surface area contributed by atoms with Crippen LogP contribution in [0.2, 0.25) is 5.02 Å². The fourth-order valence-corrected chi connectivity index (χ4v) is 3.23. The summed E-state index contributed by atoms with van der Waals surface area (Å²) in [5.41, 5.74) is 6.81. The van der Waals surface area contributed by atoms with Gasteiger partial charge in [0.2, 0.25) is 5.91 Å². The molecule has 1 saturated heterocycles. The van der Waals surface area contributed by atoms with Crippen molar-refractivity contribution in [2.45, 2.75) is 19.0 Å². The Morgan fingerprint density at radius 3 is 2.60 bits per heavy atom. The van der Waals surface area contributed by atoms with Crippen LogP contribution in [0.15, 0.2) is 48.8 Å². The van der Waals surface area contributed by atoms with Gasteiger partial charge in [0.1, 0.15) is 6.04 Å². The molecular formula is C17H15ClN4O2S. The Morgan fingerprint density at radius 2 is 2.00 bits per heavy atom. The van der Waals surface area contributed by atoms with Crippen molar-refractivity contribution < 1.29 is 9.59 Å². The predicted octanol–water partition coefficient (Wildman–Crippen LogP) is 2.11. The molecule has 1 aromatic heterocycles. The number of pyridine rings is 1. The molecule has 0 spiro atoms. The highest BCUT2D eigenvalue weighted by molar-refractivity contribution is 7.80. The zero-order valence-corrected chi connectivity index (χ0v) is 14.7. The number of nitrogens with zero attached hydrogens (tertiary/aromatic N) is 3. The molecule has 1 aliphatic rings. The van der Waals surface area contributed by atoms with Gasteiger partial charge in [-0.1, -0.05) is 17.7 Å². The van der Waals surface area contributed by atoms with E-state index in [0.29, 0.717) is 22.4 Å². The minimum absolute atomic E-state index is 0.108. The quantitative estimate of drug-likeness (QED) is 0.811. The Balaban J connectivity index is 1.94. The molecule has 6 nitrogen and oxygen atoms in total. The third-order valence-corrected chi connectivity index (χ3v) is 4.54. The van der Waals surface area contributed by atoms with E-state index in [-0.39, 0.29) is 12.3 Å². The van der Waals surface area contributed by atoms with Crippen molar-refractivity contribution in [2.24, 2.45) is 5.73 Å². The Kier molecular flexibility index (Phi) is 4.96. The zero-order valence-electron chi connectivity index (χ0n) is 13.1. The Morgan fingerprint density at radius 1 is 1.28 bits per heavy atom.